The zero-order chi connectivity index (χ0) is 25.9. The average Bonchev–Trinajstić information content (AvgIpc) is 2.76. The number of hydrogen-bond acceptors (Lipinski definition) is 5. The number of carbonyl (C=O) groups excluding carboxylic acids is 3. The Morgan fingerprint density at radius 1 is 1.23 bits per heavy atom. The van der Waals surface area contributed by atoms with Gasteiger partial charge in [0, 0.05) is 55.5 Å². The molecule has 1 saturated heterocycles. The minimum atomic E-state index is -0.724. The number of ether oxygens (including phenoxy) is 1. The maximum Gasteiger partial charge on any atom is 0.338 e. The molecule has 1 aromatic carbocycles. The number of hydrogen-bond donors (Lipinski definition) is 2. The molecule has 1 fully saturated rings. The summed E-state index contributed by atoms with van der Waals surface area (Å²) in [7, 11) is 1.64. The van der Waals surface area contributed by atoms with Crippen molar-refractivity contribution < 1.29 is 19.1 Å². The third-order valence-corrected chi connectivity index (χ3v) is 6.46. The van der Waals surface area contributed by atoms with Crippen molar-refractivity contribution in [3.8, 4) is 0 Å². The van der Waals surface area contributed by atoms with E-state index in [1.54, 1.807) is 32.2 Å². The van der Waals surface area contributed by atoms with Gasteiger partial charge >= 0.3 is 18.0 Å². The van der Waals surface area contributed by atoms with E-state index in [0.29, 0.717) is 48.0 Å². The number of rotatable bonds is 5. The van der Waals surface area contributed by atoms with E-state index in [4.69, 9.17) is 16.3 Å². The Kier molecular flexibility index (Phi) is 8.33. The number of piperazine rings is 1. The molecule has 0 aliphatic carbocycles. The van der Waals surface area contributed by atoms with Gasteiger partial charge in [0.05, 0.1) is 18.2 Å². The third kappa shape index (κ3) is 6.27. The first-order valence-corrected chi connectivity index (χ1v) is 12.3. The minimum absolute atomic E-state index is 0.0418. The predicted octanol–water partition coefficient (Wildman–Crippen LogP) is 3.37. The van der Waals surface area contributed by atoms with Crippen LogP contribution in [0.1, 0.15) is 46.2 Å². The summed E-state index contributed by atoms with van der Waals surface area (Å²) in [5.74, 6) is -0.490. The molecule has 2 aliphatic rings. The van der Waals surface area contributed by atoms with Crippen molar-refractivity contribution in [3.63, 3.8) is 0 Å². The summed E-state index contributed by atoms with van der Waals surface area (Å²) in [5.41, 5.74) is 1.24. The second kappa shape index (κ2) is 10.9. The summed E-state index contributed by atoms with van der Waals surface area (Å²) < 4.78 is 5.39. The molecule has 0 saturated carbocycles. The number of esters is 1. The van der Waals surface area contributed by atoms with Crippen molar-refractivity contribution in [1.29, 1.82) is 0 Å². The van der Waals surface area contributed by atoms with Crippen LogP contribution in [-0.2, 0) is 9.53 Å². The lowest BCUT2D eigenvalue weighted by atomic mass is 9.94. The molecule has 0 aromatic heterocycles. The highest BCUT2D eigenvalue weighted by Gasteiger charge is 2.39. The zero-order valence-electron chi connectivity index (χ0n) is 21.4. The standard InChI is InChI=1S/C25H36ClN5O4/c1-7-35-22(32)20-19(29(6)23(33)27-21(20)17-10-8-9-11-18(17)26)15-30-12-13-31(16(2)14-30)24(34)28-25(3,4)5/h8-11,16,21H,7,12-15H2,1-6H3,(H,27,33)(H,28,34)/t16-,21+/m1/s1. The molecule has 0 spiro atoms. The molecule has 35 heavy (non-hydrogen) atoms. The first-order chi connectivity index (χ1) is 16.4. The molecule has 10 heteroatoms. The minimum Gasteiger partial charge on any atom is -0.463 e. The van der Waals surface area contributed by atoms with Gasteiger partial charge in [0.2, 0.25) is 0 Å². The zero-order valence-corrected chi connectivity index (χ0v) is 22.1. The smallest absolute Gasteiger partial charge is 0.338 e. The molecular weight excluding hydrogens is 470 g/mol. The van der Waals surface area contributed by atoms with Crippen molar-refractivity contribution in [2.75, 3.05) is 39.8 Å². The van der Waals surface area contributed by atoms with Crippen LogP contribution in [0.5, 0.6) is 0 Å². The molecule has 2 aliphatic heterocycles. The molecule has 0 unspecified atom stereocenters. The summed E-state index contributed by atoms with van der Waals surface area (Å²) >= 11 is 6.45. The molecule has 192 valence electrons. The largest absolute Gasteiger partial charge is 0.463 e. The molecule has 2 heterocycles. The van der Waals surface area contributed by atoms with E-state index in [-0.39, 0.29) is 30.2 Å². The Balaban J connectivity index is 1.90. The van der Waals surface area contributed by atoms with Crippen molar-refractivity contribution >= 4 is 29.6 Å². The van der Waals surface area contributed by atoms with Gasteiger partial charge in [0.1, 0.15) is 0 Å². The highest BCUT2D eigenvalue weighted by molar-refractivity contribution is 6.31. The van der Waals surface area contributed by atoms with Gasteiger partial charge in [0.15, 0.2) is 0 Å². The van der Waals surface area contributed by atoms with Gasteiger partial charge in [-0.1, -0.05) is 29.8 Å². The summed E-state index contributed by atoms with van der Waals surface area (Å²) in [4.78, 5) is 44.2. The Morgan fingerprint density at radius 3 is 2.51 bits per heavy atom. The Morgan fingerprint density at radius 2 is 1.91 bits per heavy atom. The molecule has 3 rings (SSSR count). The van der Waals surface area contributed by atoms with Crippen LogP contribution in [-0.4, -0.2) is 84.1 Å². The van der Waals surface area contributed by atoms with Gasteiger partial charge in [0.25, 0.3) is 0 Å². The van der Waals surface area contributed by atoms with Crippen LogP contribution in [0.2, 0.25) is 5.02 Å². The van der Waals surface area contributed by atoms with Crippen LogP contribution in [0.15, 0.2) is 35.5 Å². The SMILES string of the molecule is CCOC(=O)C1=C(CN2CCN(C(=O)NC(C)(C)C)[C@H](C)C2)N(C)C(=O)N[C@H]1c1ccccc1Cl. The fourth-order valence-electron chi connectivity index (χ4n) is 4.42. The summed E-state index contributed by atoms with van der Waals surface area (Å²) in [6.45, 7) is 11.9. The Labute approximate surface area is 212 Å². The molecule has 0 bridgehead atoms. The Hall–Kier alpha value is -2.78. The number of likely N-dealkylation sites (N-methyl/N-ethyl adjacent to an activating group) is 1. The molecular formula is C25H36ClN5O4. The molecule has 4 amide bonds. The monoisotopic (exact) mass is 505 g/mol. The van der Waals surface area contributed by atoms with Crippen LogP contribution in [0.3, 0.4) is 0 Å². The maximum atomic E-state index is 13.2. The summed E-state index contributed by atoms with van der Waals surface area (Å²) in [6.07, 6.45) is 0. The van der Waals surface area contributed by atoms with E-state index in [2.05, 4.69) is 15.5 Å². The van der Waals surface area contributed by atoms with Gasteiger partial charge in [-0.3, -0.25) is 9.80 Å². The van der Waals surface area contributed by atoms with Gasteiger partial charge in [-0.25, -0.2) is 14.4 Å². The van der Waals surface area contributed by atoms with Gasteiger partial charge in [-0.15, -0.1) is 0 Å². The molecule has 9 nitrogen and oxygen atoms in total. The lowest BCUT2D eigenvalue weighted by molar-refractivity contribution is -0.139. The topological polar surface area (TPSA) is 94.2 Å². The number of nitrogens with one attached hydrogen (secondary N) is 2. The summed E-state index contributed by atoms with van der Waals surface area (Å²) in [6, 6.07) is 5.96. The van der Waals surface area contributed by atoms with Crippen LogP contribution >= 0.6 is 11.6 Å². The molecule has 2 atom stereocenters. The van der Waals surface area contributed by atoms with E-state index in [9.17, 15) is 14.4 Å². The number of nitrogens with zero attached hydrogens (tertiary/aromatic N) is 3. The quantitative estimate of drug-likeness (QED) is 0.598. The first kappa shape index (κ1) is 26.8. The highest BCUT2D eigenvalue weighted by atomic mass is 35.5. The highest BCUT2D eigenvalue weighted by Crippen LogP contribution is 2.35. The number of carbonyl (C=O) groups is 3. The van der Waals surface area contributed by atoms with E-state index >= 15 is 0 Å². The lowest BCUT2D eigenvalue weighted by Crippen LogP contribution is -2.59. The fourth-order valence-corrected chi connectivity index (χ4v) is 4.67. The van der Waals surface area contributed by atoms with Gasteiger partial charge in [-0.2, -0.15) is 0 Å². The van der Waals surface area contributed by atoms with E-state index in [1.165, 1.54) is 4.90 Å². The number of benzene rings is 1. The van der Waals surface area contributed by atoms with Crippen LogP contribution in [0.4, 0.5) is 9.59 Å². The normalized spacial score (nSPS) is 21.6. The second-order valence-electron chi connectivity index (χ2n) is 10.0. The van der Waals surface area contributed by atoms with Crippen LogP contribution in [0, 0.1) is 0 Å². The predicted molar refractivity (Wildman–Crippen MR) is 135 cm³/mol. The van der Waals surface area contributed by atoms with Gasteiger partial charge in [-0.05, 0) is 46.2 Å². The second-order valence-corrected chi connectivity index (χ2v) is 10.4. The fraction of sp³-hybridized carbons (Fsp3) is 0.560. The van der Waals surface area contributed by atoms with Gasteiger partial charge < -0.3 is 20.3 Å². The van der Waals surface area contributed by atoms with Crippen molar-refractivity contribution in [2.24, 2.45) is 0 Å². The molecule has 0 radical (unpaired) electrons. The molecule has 2 N–H and O–H groups in total. The van der Waals surface area contributed by atoms with E-state index < -0.39 is 12.0 Å². The van der Waals surface area contributed by atoms with E-state index in [0.717, 1.165) is 0 Å². The van der Waals surface area contributed by atoms with Crippen LogP contribution < -0.4 is 10.6 Å². The lowest BCUT2D eigenvalue weighted by Gasteiger charge is -2.43. The maximum absolute atomic E-state index is 13.2. The van der Waals surface area contributed by atoms with Crippen molar-refractivity contribution in [3.05, 3.63) is 46.1 Å². The number of amides is 4. The molecule has 1 aromatic rings. The number of urea groups is 2. The van der Waals surface area contributed by atoms with Crippen LogP contribution in [0.25, 0.3) is 0 Å². The number of halogens is 1. The first-order valence-electron chi connectivity index (χ1n) is 11.9. The van der Waals surface area contributed by atoms with Crippen molar-refractivity contribution in [1.82, 2.24) is 25.3 Å². The Bertz CT molecular complexity index is 1010. The van der Waals surface area contributed by atoms with E-state index in [1.807, 2.05) is 38.7 Å². The average molecular weight is 506 g/mol. The summed E-state index contributed by atoms with van der Waals surface area (Å²) in [5, 5.41) is 6.37. The third-order valence-electron chi connectivity index (χ3n) is 6.12. The van der Waals surface area contributed by atoms with Crippen molar-refractivity contribution in [2.45, 2.75) is 52.2 Å².